The number of pyridine rings is 1. The first-order valence-electron chi connectivity index (χ1n) is 9.60. The first-order chi connectivity index (χ1) is 13.0. The van der Waals surface area contributed by atoms with E-state index in [4.69, 9.17) is 0 Å². The van der Waals surface area contributed by atoms with E-state index in [9.17, 15) is 9.59 Å². The van der Waals surface area contributed by atoms with E-state index in [1.165, 1.54) is 19.0 Å². The van der Waals surface area contributed by atoms with E-state index in [1.807, 2.05) is 37.8 Å². The van der Waals surface area contributed by atoms with E-state index in [0.717, 1.165) is 48.3 Å². The second-order valence-corrected chi connectivity index (χ2v) is 7.36. The van der Waals surface area contributed by atoms with Crippen molar-refractivity contribution in [2.75, 3.05) is 18.4 Å². The van der Waals surface area contributed by atoms with Gasteiger partial charge in [-0.25, -0.2) is 0 Å². The quantitative estimate of drug-likeness (QED) is 0.883. The smallest absolute Gasteiger partial charge is 0.274 e. The summed E-state index contributed by atoms with van der Waals surface area (Å²) in [4.78, 5) is 31.6. The molecule has 142 valence electrons. The average molecular weight is 365 g/mol. The van der Waals surface area contributed by atoms with Gasteiger partial charge in [-0.1, -0.05) is 30.5 Å². The molecule has 2 amide bonds. The summed E-state index contributed by atoms with van der Waals surface area (Å²) in [5.41, 5.74) is 4.77. The molecule has 5 heteroatoms. The third-order valence-electron chi connectivity index (χ3n) is 5.05. The summed E-state index contributed by atoms with van der Waals surface area (Å²) >= 11 is 0. The van der Waals surface area contributed by atoms with Crippen molar-refractivity contribution in [2.24, 2.45) is 0 Å². The second kappa shape index (κ2) is 8.33. The summed E-state index contributed by atoms with van der Waals surface area (Å²) in [6.45, 7) is 7.55. The number of carbonyl (C=O) groups is 2. The first kappa shape index (κ1) is 19.1. The lowest BCUT2D eigenvalue weighted by Crippen LogP contribution is -2.32. The SMILES string of the molecule is Cc1cc(C)c(NC(=O)c2cc(C(=O)N3CCCCCC3)ccn2)c(C)c1. The summed E-state index contributed by atoms with van der Waals surface area (Å²) in [5, 5.41) is 2.95. The van der Waals surface area contributed by atoms with Crippen LogP contribution in [0.1, 0.15) is 63.2 Å². The largest absolute Gasteiger partial charge is 0.339 e. The molecule has 1 saturated heterocycles. The van der Waals surface area contributed by atoms with Crippen LogP contribution in [0.15, 0.2) is 30.5 Å². The molecule has 2 aromatic rings. The molecule has 1 aliphatic heterocycles. The summed E-state index contributed by atoms with van der Waals surface area (Å²) in [7, 11) is 0. The Bertz CT molecular complexity index is 829. The normalized spacial score (nSPS) is 14.6. The second-order valence-electron chi connectivity index (χ2n) is 7.36. The van der Waals surface area contributed by atoms with Gasteiger partial charge in [-0.15, -0.1) is 0 Å². The Kier molecular flexibility index (Phi) is 5.89. The molecule has 1 fully saturated rings. The molecule has 0 unspecified atom stereocenters. The number of amides is 2. The minimum atomic E-state index is -0.296. The molecule has 27 heavy (non-hydrogen) atoms. The Morgan fingerprint density at radius 2 is 1.59 bits per heavy atom. The predicted octanol–water partition coefficient (Wildman–Crippen LogP) is 4.28. The molecule has 1 aromatic carbocycles. The van der Waals surface area contributed by atoms with Gasteiger partial charge in [0.25, 0.3) is 11.8 Å². The van der Waals surface area contributed by atoms with Gasteiger partial charge >= 0.3 is 0 Å². The first-order valence-corrected chi connectivity index (χ1v) is 9.60. The number of aryl methyl sites for hydroxylation is 3. The molecule has 0 aliphatic carbocycles. The lowest BCUT2D eigenvalue weighted by atomic mass is 10.0. The summed E-state index contributed by atoms with van der Waals surface area (Å²) < 4.78 is 0. The topological polar surface area (TPSA) is 62.3 Å². The molecule has 1 N–H and O–H groups in total. The van der Waals surface area contributed by atoms with Crippen LogP contribution in [-0.2, 0) is 0 Å². The van der Waals surface area contributed by atoms with Crippen molar-refractivity contribution < 1.29 is 9.59 Å². The van der Waals surface area contributed by atoms with Gasteiger partial charge in [-0.05, 0) is 56.9 Å². The minimum Gasteiger partial charge on any atom is -0.339 e. The van der Waals surface area contributed by atoms with E-state index in [2.05, 4.69) is 10.3 Å². The maximum absolute atomic E-state index is 12.8. The fourth-order valence-electron chi connectivity index (χ4n) is 3.70. The van der Waals surface area contributed by atoms with Gasteiger partial charge in [0, 0.05) is 30.5 Å². The van der Waals surface area contributed by atoms with Gasteiger partial charge in [0.2, 0.25) is 0 Å². The van der Waals surface area contributed by atoms with Crippen molar-refractivity contribution in [3.05, 3.63) is 58.4 Å². The molecule has 5 nitrogen and oxygen atoms in total. The van der Waals surface area contributed by atoms with Gasteiger partial charge in [-0.2, -0.15) is 0 Å². The summed E-state index contributed by atoms with van der Waals surface area (Å²) in [6.07, 6.45) is 5.95. The van der Waals surface area contributed by atoms with Crippen molar-refractivity contribution in [3.63, 3.8) is 0 Å². The van der Waals surface area contributed by atoms with Gasteiger partial charge in [0.05, 0.1) is 0 Å². The third kappa shape index (κ3) is 4.54. The van der Waals surface area contributed by atoms with Crippen molar-refractivity contribution in [1.82, 2.24) is 9.88 Å². The van der Waals surface area contributed by atoms with Gasteiger partial charge in [0.15, 0.2) is 0 Å². The zero-order valence-corrected chi connectivity index (χ0v) is 16.3. The fraction of sp³-hybridized carbons (Fsp3) is 0.409. The van der Waals surface area contributed by atoms with Crippen molar-refractivity contribution in [2.45, 2.75) is 46.5 Å². The molecule has 0 spiro atoms. The van der Waals surface area contributed by atoms with Gasteiger partial charge < -0.3 is 10.2 Å². The van der Waals surface area contributed by atoms with Crippen LogP contribution in [0.4, 0.5) is 5.69 Å². The number of nitrogens with zero attached hydrogens (tertiary/aromatic N) is 2. The van der Waals surface area contributed by atoms with Gasteiger partial charge in [-0.3, -0.25) is 14.6 Å². The van der Waals surface area contributed by atoms with Crippen molar-refractivity contribution >= 4 is 17.5 Å². The zero-order valence-electron chi connectivity index (χ0n) is 16.3. The lowest BCUT2D eigenvalue weighted by molar-refractivity contribution is 0.0761. The Labute approximate surface area is 160 Å². The minimum absolute atomic E-state index is 0.0175. The fourth-order valence-corrected chi connectivity index (χ4v) is 3.70. The molecule has 1 aromatic heterocycles. The maximum Gasteiger partial charge on any atom is 0.274 e. The number of hydrogen-bond acceptors (Lipinski definition) is 3. The molecule has 3 rings (SSSR count). The van der Waals surface area contributed by atoms with Crippen LogP contribution in [0, 0.1) is 20.8 Å². The summed E-state index contributed by atoms with van der Waals surface area (Å²) in [5.74, 6) is -0.313. The highest BCUT2D eigenvalue weighted by Crippen LogP contribution is 2.22. The van der Waals surface area contributed by atoms with Crippen LogP contribution < -0.4 is 5.32 Å². The number of carbonyl (C=O) groups excluding carboxylic acids is 2. The average Bonchev–Trinajstić information content (AvgIpc) is 2.93. The summed E-state index contributed by atoms with van der Waals surface area (Å²) in [6, 6.07) is 7.36. The number of likely N-dealkylation sites (tertiary alicyclic amines) is 1. The molecule has 0 radical (unpaired) electrons. The molecule has 2 heterocycles. The Balaban J connectivity index is 1.79. The zero-order chi connectivity index (χ0) is 19.4. The Hall–Kier alpha value is -2.69. The Morgan fingerprint density at radius 1 is 0.963 bits per heavy atom. The molecule has 1 aliphatic rings. The van der Waals surface area contributed by atoms with E-state index in [-0.39, 0.29) is 17.5 Å². The standard InChI is InChI=1S/C22H27N3O2/c1-15-12-16(2)20(17(3)13-15)24-21(26)19-14-18(8-9-23-19)22(27)25-10-6-4-5-7-11-25/h8-9,12-14H,4-7,10-11H2,1-3H3,(H,24,26). The van der Waals surface area contributed by atoms with Crippen LogP contribution in [0.3, 0.4) is 0 Å². The van der Waals surface area contributed by atoms with Crippen LogP contribution >= 0.6 is 0 Å². The van der Waals surface area contributed by atoms with Crippen LogP contribution in [0.25, 0.3) is 0 Å². The molecular weight excluding hydrogens is 338 g/mol. The number of nitrogens with one attached hydrogen (secondary N) is 1. The highest BCUT2D eigenvalue weighted by molar-refractivity contribution is 6.05. The molecule has 0 saturated carbocycles. The number of benzene rings is 1. The van der Waals surface area contributed by atoms with E-state index in [0.29, 0.717) is 5.56 Å². The Morgan fingerprint density at radius 3 is 2.22 bits per heavy atom. The van der Waals surface area contributed by atoms with Crippen LogP contribution in [0.5, 0.6) is 0 Å². The number of anilines is 1. The van der Waals surface area contributed by atoms with E-state index in [1.54, 1.807) is 12.1 Å². The number of rotatable bonds is 3. The molecular formula is C22H27N3O2. The van der Waals surface area contributed by atoms with Crippen molar-refractivity contribution in [1.29, 1.82) is 0 Å². The van der Waals surface area contributed by atoms with Crippen LogP contribution in [0.2, 0.25) is 0 Å². The number of aromatic nitrogens is 1. The third-order valence-corrected chi connectivity index (χ3v) is 5.05. The predicted molar refractivity (Wildman–Crippen MR) is 107 cm³/mol. The van der Waals surface area contributed by atoms with E-state index < -0.39 is 0 Å². The molecule has 0 bridgehead atoms. The maximum atomic E-state index is 12.8. The highest BCUT2D eigenvalue weighted by Gasteiger charge is 2.19. The monoisotopic (exact) mass is 365 g/mol. The van der Waals surface area contributed by atoms with Crippen molar-refractivity contribution in [3.8, 4) is 0 Å². The highest BCUT2D eigenvalue weighted by atomic mass is 16.2. The number of hydrogen-bond donors (Lipinski definition) is 1. The molecule has 0 atom stereocenters. The van der Waals surface area contributed by atoms with Crippen LogP contribution in [-0.4, -0.2) is 34.8 Å². The van der Waals surface area contributed by atoms with E-state index >= 15 is 0 Å². The van der Waals surface area contributed by atoms with Gasteiger partial charge in [0.1, 0.15) is 5.69 Å². The lowest BCUT2D eigenvalue weighted by Gasteiger charge is -2.20.